The molecule has 64 valence electrons. The van der Waals surface area contributed by atoms with Gasteiger partial charge >= 0.3 is 0 Å². The van der Waals surface area contributed by atoms with Gasteiger partial charge in [-0.3, -0.25) is 0 Å². The molecule has 1 fully saturated rings. The quantitative estimate of drug-likeness (QED) is 0.630. The lowest BCUT2D eigenvalue weighted by Crippen LogP contribution is -1.99. The van der Waals surface area contributed by atoms with Crippen LogP contribution in [0.5, 0.6) is 0 Å². The van der Waals surface area contributed by atoms with E-state index in [1.54, 1.807) is 7.11 Å². The monoisotopic (exact) mass is 156 g/mol. The highest BCUT2D eigenvalue weighted by Crippen LogP contribution is 2.32. The van der Waals surface area contributed by atoms with Crippen LogP contribution < -0.4 is 0 Å². The van der Waals surface area contributed by atoms with Crippen LogP contribution in [0, 0.1) is 5.92 Å². The topological polar surface area (TPSA) is 29.5 Å². The minimum absolute atomic E-state index is 0.297. The summed E-state index contributed by atoms with van der Waals surface area (Å²) in [5.74, 6) is 0.583. The maximum Gasteiger partial charge on any atom is 0.0819 e. The number of rotatable bonds is 3. The fourth-order valence-electron chi connectivity index (χ4n) is 1.73. The molecule has 0 heterocycles. The Morgan fingerprint density at radius 2 is 2.55 bits per heavy atom. The zero-order chi connectivity index (χ0) is 8.10. The van der Waals surface area contributed by atoms with Crippen molar-refractivity contribution in [3.05, 3.63) is 11.8 Å². The molecule has 0 bridgehead atoms. The van der Waals surface area contributed by atoms with E-state index in [0.29, 0.717) is 12.5 Å². The van der Waals surface area contributed by atoms with Crippen molar-refractivity contribution in [3.8, 4) is 0 Å². The van der Waals surface area contributed by atoms with Gasteiger partial charge in [-0.15, -0.1) is 0 Å². The molecule has 0 spiro atoms. The lowest BCUT2D eigenvalue weighted by Gasteiger charge is -2.08. The summed E-state index contributed by atoms with van der Waals surface area (Å²) < 4.78 is 4.96. The molecule has 1 saturated carbocycles. The number of methoxy groups -OCH3 is 1. The number of aliphatic hydroxyl groups excluding tert-OH is 1. The summed E-state index contributed by atoms with van der Waals surface area (Å²) >= 11 is 0. The Morgan fingerprint density at radius 3 is 3.18 bits per heavy atom. The molecule has 0 saturated heterocycles. The molecule has 0 aliphatic heterocycles. The second-order valence-corrected chi connectivity index (χ2v) is 3.03. The van der Waals surface area contributed by atoms with Crippen LogP contribution >= 0.6 is 0 Å². The van der Waals surface area contributed by atoms with Crippen molar-refractivity contribution >= 4 is 0 Å². The fourth-order valence-corrected chi connectivity index (χ4v) is 1.73. The van der Waals surface area contributed by atoms with E-state index in [0.717, 1.165) is 12.8 Å². The molecule has 2 heteroatoms. The van der Waals surface area contributed by atoms with Crippen molar-refractivity contribution in [2.24, 2.45) is 5.92 Å². The first-order chi connectivity index (χ1) is 5.38. The SMILES string of the molecule is CO/C=C1\CCCC1CCO. The van der Waals surface area contributed by atoms with Crippen molar-refractivity contribution in [1.82, 2.24) is 0 Å². The predicted octanol–water partition coefficient (Wildman–Crippen LogP) is 1.70. The van der Waals surface area contributed by atoms with E-state index >= 15 is 0 Å². The van der Waals surface area contributed by atoms with Crippen molar-refractivity contribution < 1.29 is 9.84 Å². The van der Waals surface area contributed by atoms with Gasteiger partial charge in [0.15, 0.2) is 0 Å². The number of ether oxygens (including phenoxy) is 1. The standard InChI is InChI=1S/C9H16O2/c1-11-7-9-4-2-3-8(9)5-6-10/h7-8,10H,2-6H2,1H3/b9-7+. The summed E-state index contributed by atoms with van der Waals surface area (Å²) in [6, 6.07) is 0. The van der Waals surface area contributed by atoms with Crippen LogP contribution in [0.15, 0.2) is 11.8 Å². The van der Waals surface area contributed by atoms with Crippen LogP contribution in [0.25, 0.3) is 0 Å². The highest BCUT2D eigenvalue weighted by Gasteiger charge is 2.20. The van der Waals surface area contributed by atoms with Gasteiger partial charge in [-0.1, -0.05) is 0 Å². The molecule has 0 aromatic heterocycles. The van der Waals surface area contributed by atoms with Crippen LogP contribution in [0.1, 0.15) is 25.7 Å². The Balaban J connectivity index is 2.44. The lowest BCUT2D eigenvalue weighted by atomic mass is 10.0. The van der Waals surface area contributed by atoms with Gasteiger partial charge in [-0.05, 0) is 37.2 Å². The normalized spacial score (nSPS) is 27.8. The molecule has 1 unspecified atom stereocenters. The molecule has 1 N–H and O–H groups in total. The minimum Gasteiger partial charge on any atom is -0.504 e. The molecular formula is C9H16O2. The van der Waals surface area contributed by atoms with Gasteiger partial charge in [0, 0.05) is 6.61 Å². The number of aliphatic hydroxyl groups is 1. The number of hydrogen-bond acceptors (Lipinski definition) is 2. The van der Waals surface area contributed by atoms with Gasteiger partial charge in [-0.25, -0.2) is 0 Å². The Bertz CT molecular complexity index is 140. The smallest absolute Gasteiger partial charge is 0.0819 e. The predicted molar refractivity (Wildman–Crippen MR) is 44.1 cm³/mol. The van der Waals surface area contributed by atoms with Crippen LogP contribution in [0.3, 0.4) is 0 Å². The third-order valence-electron chi connectivity index (χ3n) is 2.29. The zero-order valence-corrected chi connectivity index (χ0v) is 7.05. The molecule has 0 aromatic carbocycles. The van der Waals surface area contributed by atoms with Gasteiger partial charge in [-0.2, -0.15) is 0 Å². The van der Waals surface area contributed by atoms with Crippen molar-refractivity contribution in [1.29, 1.82) is 0 Å². The van der Waals surface area contributed by atoms with Crippen LogP contribution in [-0.4, -0.2) is 18.8 Å². The Labute approximate surface area is 67.9 Å². The largest absolute Gasteiger partial charge is 0.504 e. The molecule has 0 aromatic rings. The van der Waals surface area contributed by atoms with Crippen LogP contribution in [0.2, 0.25) is 0 Å². The first-order valence-electron chi connectivity index (χ1n) is 4.21. The zero-order valence-electron chi connectivity index (χ0n) is 7.05. The van der Waals surface area contributed by atoms with Gasteiger partial charge in [0.1, 0.15) is 0 Å². The lowest BCUT2D eigenvalue weighted by molar-refractivity contribution is 0.265. The molecule has 1 atom stereocenters. The molecule has 0 amide bonds. The fraction of sp³-hybridized carbons (Fsp3) is 0.778. The summed E-state index contributed by atoms with van der Waals surface area (Å²) in [6.45, 7) is 0.297. The second kappa shape index (κ2) is 4.39. The van der Waals surface area contributed by atoms with Crippen molar-refractivity contribution in [3.63, 3.8) is 0 Å². The maximum absolute atomic E-state index is 8.74. The second-order valence-electron chi connectivity index (χ2n) is 3.03. The molecular weight excluding hydrogens is 140 g/mol. The highest BCUT2D eigenvalue weighted by atomic mass is 16.5. The highest BCUT2D eigenvalue weighted by molar-refractivity contribution is 5.08. The first-order valence-corrected chi connectivity index (χ1v) is 4.21. The van der Waals surface area contributed by atoms with Gasteiger partial charge < -0.3 is 9.84 Å². The molecule has 0 radical (unpaired) electrons. The Hall–Kier alpha value is -0.500. The van der Waals surface area contributed by atoms with E-state index in [9.17, 15) is 0 Å². The third-order valence-corrected chi connectivity index (χ3v) is 2.29. The van der Waals surface area contributed by atoms with E-state index in [2.05, 4.69) is 0 Å². The van der Waals surface area contributed by atoms with E-state index < -0.39 is 0 Å². The van der Waals surface area contributed by atoms with Crippen molar-refractivity contribution in [2.45, 2.75) is 25.7 Å². The van der Waals surface area contributed by atoms with Gasteiger partial charge in [0.05, 0.1) is 13.4 Å². The molecule has 1 aliphatic carbocycles. The summed E-state index contributed by atoms with van der Waals surface area (Å²) in [5.41, 5.74) is 1.38. The molecule has 1 aliphatic rings. The summed E-state index contributed by atoms with van der Waals surface area (Å²) in [6.07, 6.45) is 6.36. The van der Waals surface area contributed by atoms with E-state index in [-0.39, 0.29) is 0 Å². The molecule has 1 rings (SSSR count). The number of allylic oxidation sites excluding steroid dienone is 1. The summed E-state index contributed by atoms with van der Waals surface area (Å²) in [7, 11) is 1.68. The molecule has 2 nitrogen and oxygen atoms in total. The van der Waals surface area contributed by atoms with E-state index in [1.165, 1.54) is 18.4 Å². The molecule has 11 heavy (non-hydrogen) atoms. The Kier molecular flexibility index (Phi) is 3.43. The number of hydrogen-bond donors (Lipinski definition) is 1. The van der Waals surface area contributed by atoms with Gasteiger partial charge in [0.25, 0.3) is 0 Å². The summed E-state index contributed by atoms with van der Waals surface area (Å²) in [5, 5.41) is 8.74. The van der Waals surface area contributed by atoms with Gasteiger partial charge in [0.2, 0.25) is 0 Å². The third kappa shape index (κ3) is 2.22. The Morgan fingerprint density at radius 1 is 1.73 bits per heavy atom. The van der Waals surface area contributed by atoms with Crippen molar-refractivity contribution in [2.75, 3.05) is 13.7 Å². The van der Waals surface area contributed by atoms with Crippen LogP contribution in [-0.2, 0) is 4.74 Å². The first kappa shape index (κ1) is 8.60. The summed E-state index contributed by atoms with van der Waals surface area (Å²) in [4.78, 5) is 0. The minimum atomic E-state index is 0.297. The average Bonchev–Trinajstić information content (AvgIpc) is 2.39. The van der Waals surface area contributed by atoms with Crippen LogP contribution in [0.4, 0.5) is 0 Å². The van der Waals surface area contributed by atoms with E-state index in [4.69, 9.17) is 9.84 Å². The maximum atomic E-state index is 8.74. The van der Waals surface area contributed by atoms with E-state index in [1.807, 2.05) is 6.26 Å². The average molecular weight is 156 g/mol.